The molecule has 0 radical (unpaired) electrons. The second-order valence-corrected chi connectivity index (χ2v) is 7.14. The fourth-order valence-electron chi connectivity index (χ4n) is 3.19. The molecule has 0 fully saturated rings. The zero-order chi connectivity index (χ0) is 19.3. The lowest BCUT2D eigenvalue weighted by Gasteiger charge is -2.09. The standard InChI is InChI=1S/C20H20ClN5O2/c21-15-6-3-5-14(11-15)12-16-13-19(28-24-16)20(27)22-9-4-10-26-18-8-2-1-7-17(18)23-25-26/h1-3,5-8,11,19H,4,9-10,12-13H2,(H,22,27). The van der Waals surface area contributed by atoms with Gasteiger partial charge in [-0.2, -0.15) is 0 Å². The normalized spacial score (nSPS) is 16.0. The molecular weight excluding hydrogens is 378 g/mol. The highest BCUT2D eigenvalue weighted by atomic mass is 35.5. The van der Waals surface area contributed by atoms with Crippen molar-refractivity contribution in [2.45, 2.75) is 31.9 Å². The van der Waals surface area contributed by atoms with E-state index in [2.05, 4.69) is 20.8 Å². The van der Waals surface area contributed by atoms with E-state index in [1.54, 1.807) is 0 Å². The minimum absolute atomic E-state index is 0.145. The Balaban J connectivity index is 1.21. The number of hydrogen-bond donors (Lipinski definition) is 1. The maximum absolute atomic E-state index is 12.3. The second-order valence-electron chi connectivity index (χ2n) is 6.71. The zero-order valence-electron chi connectivity index (χ0n) is 15.2. The quantitative estimate of drug-likeness (QED) is 0.621. The number of amides is 1. The third kappa shape index (κ3) is 4.31. The first-order valence-electron chi connectivity index (χ1n) is 9.21. The molecule has 144 valence electrons. The van der Waals surface area contributed by atoms with Gasteiger partial charge in [-0.25, -0.2) is 4.68 Å². The van der Waals surface area contributed by atoms with Crippen LogP contribution < -0.4 is 5.32 Å². The van der Waals surface area contributed by atoms with Crippen LogP contribution in [0.2, 0.25) is 5.02 Å². The van der Waals surface area contributed by atoms with Crippen molar-refractivity contribution in [3.05, 3.63) is 59.1 Å². The maximum atomic E-state index is 12.3. The van der Waals surface area contributed by atoms with Gasteiger partial charge in [0.15, 0.2) is 0 Å². The van der Waals surface area contributed by atoms with E-state index in [1.165, 1.54) is 0 Å². The number of nitrogens with zero attached hydrogens (tertiary/aromatic N) is 4. The first-order chi connectivity index (χ1) is 13.7. The molecule has 28 heavy (non-hydrogen) atoms. The largest absolute Gasteiger partial charge is 0.382 e. The van der Waals surface area contributed by atoms with E-state index >= 15 is 0 Å². The van der Waals surface area contributed by atoms with Crippen molar-refractivity contribution < 1.29 is 9.63 Å². The summed E-state index contributed by atoms with van der Waals surface area (Å²) in [6.45, 7) is 1.22. The summed E-state index contributed by atoms with van der Waals surface area (Å²) >= 11 is 6.00. The molecule has 0 bridgehead atoms. The second kappa shape index (κ2) is 8.39. The van der Waals surface area contributed by atoms with Crippen LogP contribution >= 0.6 is 11.6 Å². The van der Waals surface area contributed by atoms with E-state index in [1.807, 2.05) is 53.2 Å². The van der Waals surface area contributed by atoms with Gasteiger partial charge in [-0.1, -0.05) is 46.2 Å². The van der Waals surface area contributed by atoms with Crippen LogP contribution in [-0.4, -0.2) is 39.3 Å². The minimum atomic E-state index is -0.568. The Morgan fingerprint density at radius 1 is 1.25 bits per heavy atom. The average molecular weight is 398 g/mol. The number of nitrogens with one attached hydrogen (secondary N) is 1. The average Bonchev–Trinajstić information content (AvgIpc) is 3.32. The summed E-state index contributed by atoms with van der Waals surface area (Å²) < 4.78 is 1.85. The first-order valence-corrected chi connectivity index (χ1v) is 9.59. The van der Waals surface area contributed by atoms with Gasteiger partial charge in [0, 0.05) is 31.0 Å². The molecule has 1 atom stereocenters. The van der Waals surface area contributed by atoms with E-state index in [0.717, 1.165) is 28.7 Å². The van der Waals surface area contributed by atoms with Crippen molar-refractivity contribution in [2.75, 3.05) is 6.54 Å². The van der Waals surface area contributed by atoms with E-state index in [4.69, 9.17) is 16.4 Å². The number of benzene rings is 2. The number of halogens is 1. The highest BCUT2D eigenvalue weighted by molar-refractivity contribution is 6.30. The van der Waals surface area contributed by atoms with Gasteiger partial charge in [0.05, 0.1) is 11.2 Å². The number of fused-ring (bicyclic) bond motifs is 1. The van der Waals surface area contributed by atoms with E-state index < -0.39 is 6.10 Å². The Bertz CT molecular complexity index is 1020. The number of aryl methyl sites for hydroxylation is 1. The Hall–Kier alpha value is -2.93. The predicted molar refractivity (Wildman–Crippen MR) is 107 cm³/mol. The van der Waals surface area contributed by atoms with Gasteiger partial charge in [0.1, 0.15) is 5.52 Å². The first kappa shape index (κ1) is 18.4. The summed E-state index contributed by atoms with van der Waals surface area (Å²) in [6, 6.07) is 15.4. The summed E-state index contributed by atoms with van der Waals surface area (Å²) in [5.41, 5.74) is 3.76. The maximum Gasteiger partial charge on any atom is 0.264 e. The van der Waals surface area contributed by atoms with Gasteiger partial charge in [-0.05, 0) is 36.2 Å². The van der Waals surface area contributed by atoms with Crippen molar-refractivity contribution in [3.63, 3.8) is 0 Å². The number of hydrogen-bond acceptors (Lipinski definition) is 5. The molecule has 4 rings (SSSR count). The van der Waals surface area contributed by atoms with Gasteiger partial charge >= 0.3 is 0 Å². The molecule has 1 aliphatic rings. The fraction of sp³-hybridized carbons (Fsp3) is 0.300. The Labute approximate surface area is 167 Å². The number of oxime groups is 1. The number of carbonyl (C=O) groups is 1. The number of para-hydroxylation sites is 1. The molecule has 1 aromatic heterocycles. The summed E-state index contributed by atoms with van der Waals surface area (Å²) in [5.74, 6) is -0.145. The molecule has 1 N–H and O–H groups in total. The molecule has 0 aliphatic carbocycles. The molecule has 7 nitrogen and oxygen atoms in total. The van der Waals surface area contributed by atoms with Crippen molar-refractivity contribution in [1.82, 2.24) is 20.3 Å². The molecule has 0 spiro atoms. The topological polar surface area (TPSA) is 81.4 Å². The smallest absolute Gasteiger partial charge is 0.264 e. The highest BCUT2D eigenvalue weighted by Gasteiger charge is 2.27. The monoisotopic (exact) mass is 397 g/mol. The molecule has 3 aromatic rings. The van der Waals surface area contributed by atoms with Crippen LogP contribution in [0.4, 0.5) is 0 Å². The predicted octanol–water partition coefficient (Wildman–Crippen LogP) is 2.98. The molecule has 2 heterocycles. The van der Waals surface area contributed by atoms with Crippen LogP contribution in [0.3, 0.4) is 0 Å². The van der Waals surface area contributed by atoms with Crippen LogP contribution in [-0.2, 0) is 22.6 Å². The van der Waals surface area contributed by atoms with Gasteiger partial charge in [0.2, 0.25) is 6.10 Å². The number of rotatable bonds is 7. The van der Waals surface area contributed by atoms with Crippen molar-refractivity contribution in [1.29, 1.82) is 0 Å². The SMILES string of the molecule is O=C(NCCCn1nnc2ccccc21)C1CC(Cc2cccc(Cl)c2)=NO1. The lowest BCUT2D eigenvalue weighted by atomic mass is 10.0. The molecule has 2 aromatic carbocycles. The van der Waals surface area contributed by atoms with Gasteiger partial charge in [-0.15, -0.1) is 5.10 Å². The molecule has 1 unspecified atom stereocenters. The van der Waals surface area contributed by atoms with Crippen molar-refractivity contribution in [3.8, 4) is 0 Å². The van der Waals surface area contributed by atoms with Crippen LogP contribution in [0.1, 0.15) is 18.4 Å². The Kier molecular flexibility index (Phi) is 5.53. The van der Waals surface area contributed by atoms with Crippen LogP contribution in [0.15, 0.2) is 53.7 Å². The van der Waals surface area contributed by atoms with Crippen LogP contribution in [0, 0.1) is 0 Å². The van der Waals surface area contributed by atoms with Crippen LogP contribution in [0.25, 0.3) is 11.0 Å². The zero-order valence-corrected chi connectivity index (χ0v) is 16.0. The summed E-state index contributed by atoms with van der Waals surface area (Å²) in [6.07, 6.45) is 1.30. The fourth-order valence-corrected chi connectivity index (χ4v) is 3.40. The van der Waals surface area contributed by atoms with Crippen molar-refractivity contribution >= 4 is 34.3 Å². The highest BCUT2D eigenvalue weighted by Crippen LogP contribution is 2.17. The van der Waals surface area contributed by atoms with Crippen LogP contribution in [0.5, 0.6) is 0 Å². The molecule has 0 saturated heterocycles. The van der Waals surface area contributed by atoms with E-state index in [-0.39, 0.29) is 5.91 Å². The molecule has 0 saturated carbocycles. The van der Waals surface area contributed by atoms with Gasteiger partial charge in [-0.3, -0.25) is 4.79 Å². The summed E-state index contributed by atoms with van der Waals surface area (Å²) in [7, 11) is 0. The van der Waals surface area contributed by atoms with E-state index in [9.17, 15) is 4.79 Å². The Morgan fingerprint density at radius 2 is 2.14 bits per heavy atom. The third-order valence-corrected chi connectivity index (χ3v) is 4.82. The lowest BCUT2D eigenvalue weighted by molar-refractivity contribution is -0.131. The molecular formula is C20H20ClN5O2. The number of carbonyl (C=O) groups excluding carboxylic acids is 1. The minimum Gasteiger partial charge on any atom is -0.382 e. The molecule has 1 aliphatic heterocycles. The van der Waals surface area contributed by atoms with E-state index in [0.29, 0.717) is 31.0 Å². The summed E-state index contributed by atoms with van der Waals surface area (Å²) in [4.78, 5) is 17.6. The lowest BCUT2D eigenvalue weighted by Crippen LogP contribution is -2.35. The molecule has 8 heteroatoms. The summed E-state index contributed by atoms with van der Waals surface area (Å²) in [5, 5.41) is 15.9. The van der Waals surface area contributed by atoms with Gasteiger partial charge in [0.25, 0.3) is 5.91 Å². The van der Waals surface area contributed by atoms with Gasteiger partial charge < -0.3 is 10.2 Å². The Morgan fingerprint density at radius 3 is 3.04 bits per heavy atom. The number of aromatic nitrogens is 3. The molecule has 1 amide bonds. The third-order valence-electron chi connectivity index (χ3n) is 4.59. The van der Waals surface area contributed by atoms with Crippen molar-refractivity contribution in [2.24, 2.45) is 5.16 Å².